The molecule has 4 rings (SSSR count). The molecule has 0 atom stereocenters. The topological polar surface area (TPSA) is 52.7 Å². The predicted molar refractivity (Wildman–Crippen MR) is 115 cm³/mol. The Morgan fingerprint density at radius 2 is 1.93 bits per heavy atom. The van der Waals surface area contributed by atoms with E-state index in [-0.39, 0.29) is 11.1 Å². The molecule has 6 heteroatoms. The standard InChI is InChI=1S/C22H24N4OS/c1-14-8-9-15(2)16(11-14)13-25-21(27)20-17(12-23-26(20)22(3,4)5)19(24-25)18-7-6-10-28-18/h6-12H,13H2,1-5H3. The highest BCUT2D eigenvalue weighted by Gasteiger charge is 2.23. The quantitative estimate of drug-likeness (QED) is 0.506. The highest BCUT2D eigenvalue weighted by molar-refractivity contribution is 7.13. The summed E-state index contributed by atoms with van der Waals surface area (Å²) in [5.74, 6) is 0. The summed E-state index contributed by atoms with van der Waals surface area (Å²) in [5, 5.41) is 12.1. The van der Waals surface area contributed by atoms with E-state index in [1.165, 1.54) is 5.56 Å². The van der Waals surface area contributed by atoms with Crippen LogP contribution in [0.3, 0.4) is 0 Å². The normalized spacial score (nSPS) is 12.0. The number of fused-ring (bicyclic) bond motifs is 1. The van der Waals surface area contributed by atoms with Crippen LogP contribution in [-0.2, 0) is 12.1 Å². The molecule has 0 saturated heterocycles. The van der Waals surface area contributed by atoms with E-state index in [0.717, 1.165) is 27.1 Å². The van der Waals surface area contributed by atoms with Gasteiger partial charge in [-0.1, -0.05) is 29.8 Å². The smallest absolute Gasteiger partial charge is 0.265 e. The van der Waals surface area contributed by atoms with E-state index in [1.807, 2.05) is 22.2 Å². The lowest BCUT2D eigenvalue weighted by Gasteiger charge is -2.20. The van der Waals surface area contributed by atoms with Crippen molar-refractivity contribution in [3.05, 3.63) is 69.0 Å². The molecule has 28 heavy (non-hydrogen) atoms. The molecule has 0 radical (unpaired) electrons. The lowest BCUT2D eigenvalue weighted by Crippen LogP contribution is -2.31. The van der Waals surface area contributed by atoms with Gasteiger partial charge < -0.3 is 0 Å². The third-order valence-corrected chi connectivity index (χ3v) is 5.77. The Kier molecular flexibility index (Phi) is 4.46. The van der Waals surface area contributed by atoms with Crippen LogP contribution in [0.5, 0.6) is 0 Å². The summed E-state index contributed by atoms with van der Waals surface area (Å²) >= 11 is 1.62. The van der Waals surface area contributed by atoms with Gasteiger partial charge in [0.05, 0.1) is 28.5 Å². The van der Waals surface area contributed by atoms with E-state index in [0.29, 0.717) is 12.1 Å². The van der Waals surface area contributed by atoms with Crippen molar-refractivity contribution < 1.29 is 0 Å². The van der Waals surface area contributed by atoms with Crippen molar-refractivity contribution in [2.75, 3.05) is 0 Å². The fourth-order valence-electron chi connectivity index (χ4n) is 3.41. The minimum atomic E-state index is -0.300. The molecule has 0 amide bonds. The lowest BCUT2D eigenvalue weighted by molar-refractivity contribution is 0.366. The third kappa shape index (κ3) is 3.18. The van der Waals surface area contributed by atoms with Crippen LogP contribution in [0.15, 0.2) is 46.7 Å². The Morgan fingerprint density at radius 3 is 2.61 bits per heavy atom. The van der Waals surface area contributed by atoms with E-state index >= 15 is 0 Å². The van der Waals surface area contributed by atoms with Gasteiger partial charge >= 0.3 is 0 Å². The van der Waals surface area contributed by atoms with Crippen LogP contribution in [-0.4, -0.2) is 19.6 Å². The summed E-state index contributed by atoms with van der Waals surface area (Å²) < 4.78 is 3.41. The van der Waals surface area contributed by atoms with Crippen molar-refractivity contribution in [2.45, 2.75) is 46.7 Å². The zero-order valence-electron chi connectivity index (χ0n) is 16.9. The molecule has 144 valence electrons. The summed E-state index contributed by atoms with van der Waals surface area (Å²) in [4.78, 5) is 14.5. The second-order valence-corrected chi connectivity index (χ2v) is 9.16. The van der Waals surface area contributed by atoms with Crippen LogP contribution in [0.4, 0.5) is 0 Å². The van der Waals surface area contributed by atoms with E-state index in [2.05, 4.69) is 57.9 Å². The average molecular weight is 393 g/mol. The molecule has 0 aliphatic rings. The number of hydrogen-bond acceptors (Lipinski definition) is 4. The summed E-state index contributed by atoms with van der Waals surface area (Å²) in [5.41, 5.74) is 4.44. The van der Waals surface area contributed by atoms with Gasteiger partial charge in [-0.25, -0.2) is 4.68 Å². The second kappa shape index (κ2) is 6.71. The van der Waals surface area contributed by atoms with Crippen molar-refractivity contribution >= 4 is 22.2 Å². The van der Waals surface area contributed by atoms with E-state index in [9.17, 15) is 4.79 Å². The molecule has 0 spiro atoms. The number of nitrogens with zero attached hydrogens (tertiary/aromatic N) is 4. The number of aryl methyl sites for hydroxylation is 2. The fraction of sp³-hybridized carbons (Fsp3) is 0.318. The van der Waals surface area contributed by atoms with Crippen molar-refractivity contribution in [1.82, 2.24) is 19.6 Å². The minimum Gasteiger partial charge on any atom is -0.265 e. The summed E-state index contributed by atoms with van der Waals surface area (Å²) in [6, 6.07) is 10.3. The molecule has 0 bridgehead atoms. The average Bonchev–Trinajstić information content (AvgIpc) is 3.30. The first-order valence-electron chi connectivity index (χ1n) is 9.35. The Balaban J connectivity index is 2.00. The molecule has 1 aromatic carbocycles. The van der Waals surface area contributed by atoms with Gasteiger partial charge in [0.15, 0.2) is 0 Å². The van der Waals surface area contributed by atoms with Crippen LogP contribution < -0.4 is 5.56 Å². The Bertz CT molecular complexity index is 1210. The summed E-state index contributed by atoms with van der Waals surface area (Å²) in [6.45, 7) is 10.7. The molecule has 0 saturated carbocycles. The number of benzene rings is 1. The van der Waals surface area contributed by atoms with Gasteiger partial charge in [0.2, 0.25) is 0 Å². The third-order valence-electron chi connectivity index (χ3n) is 4.90. The highest BCUT2D eigenvalue weighted by atomic mass is 32.1. The maximum atomic E-state index is 13.4. The molecular formula is C22H24N4OS. The molecule has 0 aliphatic heterocycles. The number of aromatic nitrogens is 4. The SMILES string of the molecule is Cc1ccc(C)c(Cn2nc(-c3cccs3)c3cnn(C(C)(C)C)c3c2=O)c1. The Morgan fingerprint density at radius 1 is 1.14 bits per heavy atom. The molecule has 0 N–H and O–H groups in total. The van der Waals surface area contributed by atoms with E-state index in [4.69, 9.17) is 5.10 Å². The summed E-state index contributed by atoms with van der Waals surface area (Å²) in [7, 11) is 0. The van der Waals surface area contributed by atoms with E-state index < -0.39 is 0 Å². The molecule has 0 aliphatic carbocycles. The molecule has 5 nitrogen and oxygen atoms in total. The van der Waals surface area contributed by atoms with Crippen LogP contribution in [0.25, 0.3) is 21.5 Å². The molecule has 0 unspecified atom stereocenters. The van der Waals surface area contributed by atoms with Crippen LogP contribution >= 0.6 is 11.3 Å². The maximum absolute atomic E-state index is 13.4. The highest BCUT2D eigenvalue weighted by Crippen LogP contribution is 2.30. The van der Waals surface area contributed by atoms with Crippen LogP contribution in [0.1, 0.15) is 37.5 Å². The van der Waals surface area contributed by atoms with Gasteiger partial charge in [0.1, 0.15) is 11.2 Å². The van der Waals surface area contributed by atoms with Gasteiger partial charge in [-0.2, -0.15) is 10.2 Å². The first-order chi connectivity index (χ1) is 13.3. The van der Waals surface area contributed by atoms with Crippen molar-refractivity contribution in [3.8, 4) is 10.6 Å². The fourth-order valence-corrected chi connectivity index (χ4v) is 4.14. The number of hydrogen-bond donors (Lipinski definition) is 0. The number of thiophene rings is 1. The molecule has 0 fully saturated rings. The minimum absolute atomic E-state index is 0.108. The second-order valence-electron chi connectivity index (χ2n) is 8.21. The maximum Gasteiger partial charge on any atom is 0.293 e. The van der Waals surface area contributed by atoms with Gasteiger partial charge in [-0.15, -0.1) is 11.3 Å². The van der Waals surface area contributed by atoms with Crippen molar-refractivity contribution in [3.63, 3.8) is 0 Å². The Labute approximate surface area is 168 Å². The van der Waals surface area contributed by atoms with Crippen LogP contribution in [0, 0.1) is 13.8 Å². The van der Waals surface area contributed by atoms with Crippen molar-refractivity contribution in [1.29, 1.82) is 0 Å². The zero-order chi connectivity index (χ0) is 20.1. The first kappa shape index (κ1) is 18.6. The molecule has 3 heterocycles. The lowest BCUT2D eigenvalue weighted by atomic mass is 10.1. The predicted octanol–water partition coefficient (Wildman–Crippen LogP) is 4.74. The van der Waals surface area contributed by atoms with Gasteiger partial charge in [-0.3, -0.25) is 9.48 Å². The molecule has 3 aromatic heterocycles. The zero-order valence-corrected chi connectivity index (χ0v) is 17.7. The van der Waals surface area contributed by atoms with Gasteiger partial charge in [0.25, 0.3) is 5.56 Å². The monoisotopic (exact) mass is 392 g/mol. The van der Waals surface area contributed by atoms with Crippen LogP contribution in [0.2, 0.25) is 0 Å². The molecule has 4 aromatic rings. The Hall–Kier alpha value is -2.73. The van der Waals surface area contributed by atoms with Crippen molar-refractivity contribution in [2.24, 2.45) is 0 Å². The van der Waals surface area contributed by atoms with Gasteiger partial charge in [0, 0.05) is 0 Å². The summed E-state index contributed by atoms with van der Waals surface area (Å²) in [6.07, 6.45) is 1.77. The largest absolute Gasteiger partial charge is 0.293 e. The number of rotatable bonds is 3. The van der Waals surface area contributed by atoms with Gasteiger partial charge in [-0.05, 0) is 57.2 Å². The van der Waals surface area contributed by atoms with E-state index in [1.54, 1.807) is 22.2 Å². The first-order valence-corrected chi connectivity index (χ1v) is 10.2. The molecular weight excluding hydrogens is 368 g/mol.